The second-order valence-corrected chi connectivity index (χ2v) is 22.2. The molecule has 0 bridgehead atoms. The van der Waals surface area contributed by atoms with Gasteiger partial charge in [0.1, 0.15) is 0 Å². The monoisotopic (exact) mass is 958 g/mol. The molecule has 0 unspecified atom stereocenters. The van der Waals surface area contributed by atoms with Crippen molar-refractivity contribution in [1.82, 2.24) is 4.57 Å². The summed E-state index contributed by atoms with van der Waals surface area (Å²) in [5.41, 5.74) is 20.3. The van der Waals surface area contributed by atoms with Crippen LogP contribution in [-0.2, 0) is 16.2 Å². The summed E-state index contributed by atoms with van der Waals surface area (Å²) in [5.74, 6) is 0.781. The van der Waals surface area contributed by atoms with Crippen LogP contribution in [0.4, 0.5) is 0 Å². The van der Waals surface area contributed by atoms with Crippen molar-refractivity contribution in [3.63, 3.8) is 0 Å². The Morgan fingerprint density at radius 3 is 0.892 bits per heavy atom. The highest BCUT2D eigenvalue weighted by Crippen LogP contribution is 2.47. The first kappa shape index (κ1) is 48.3. The largest absolute Gasteiger partial charge is 0.309 e. The van der Waals surface area contributed by atoms with Crippen LogP contribution in [0.3, 0.4) is 0 Å². The topological polar surface area (TPSA) is 4.93 Å². The van der Waals surface area contributed by atoms with E-state index in [1.165, 1.54) is 99.7 Å². The number of nitrogens with zero attached hydrogens (tertiary/aromatic N) is 1. The summed E-state index contributed by atoms with van der Waals surface area (Å²) < 4.78 is 2.50. The fraction of sp³-hybridized carbons (Fsp3) is 0.178. The van der Waals surface area contributed by atoms with E-state index in [0.717, 1.165) is 5.69 Å². The molecular weight excluding hydrogens is 891 g/mol. The van der Waals surface area contributed by atoms with E-state index in [9.17, 15) is 0 Å². The van der Waals surface area contributed by atoms with Crippen LogP contribution in [-0.4, -0.2) is 4.57 Å². The van der Waals surface area contributed by atoms with E-state index in [0.29, 0.717) is 11.8 Å². The molecule has 0 saturated carbocycles. The number of fused-ring (bicyclic) bond motifs is 3. The van der Waals surface area contributed by atoms with Crippen molar-refractivity contribution in [3.8, 4) is 50.2 Å². The Morgan fingerprint density at radius 1 is 0.270 bits per heavy atom. The molecule has 10 aromatic carbocycles. The fourth-order valence-corrected chi connectivity index (χ4v) is 12.3. The Hall–Kier alpha value is -8.00. The van der Waals surface area contributed by atoms with E-state index >= 15 is 0 Å². The summed E-state index contributed by atoms with van der Waals surface area (Å²) in [6, 6.07) is 92.8. The minimum atomic E-state index is -0.338. The third-order valence-electron chi connectivity index (χ3n) is 16.6. The standard InChI is InChI=1S/C73H67N/c1-50(2)73(51(3)4,60-32-22-13-23-33-60)61-34-38-66(39-35-61)74-69-40-36-62(71(5,6)64-44-56(52-24-14-9-15-25-52)42-57(45-64)53-26-16-10-17-27-53)48-67(69)68-49-63(37-41-70(68)74)72(7,8)65-46-58(54-28-18-11-19-29-54)43-59(47-65)55-30-20-12-21-31-55/h9-51H,1-8H3. The smallest absolute Gasteiger partial charge is 0.0541 e. The van der Waals surface area contributed by atoms with Crippen LogP contribution in [0.2, 0.25) is 0 Å². The number of aromatic nitrogens is 1. The molecule has 11 rings (SSSR count). The molecule has 1 nitrogen and oxygen atoms in total. The lowest BCUT2D eigenvalue weighted by Crippen LogP contribution is -2.39. The Kier molecular flexibility index (Phi) is 12.7. The third kappa shape index (κ3) is 8.59. The van der Waals surface area contributed by atoms with Gasteiger partial charge in [-0.3, -0.25) is 0 Å². The zero-order valence-corrected chi connectivity index (χ0v) is 44.3. The molecule has 11 aromatic rings. The summed E-state index contributed by atoms with van der Waals surface area (Å²) in [6.45, 7) is 19.1. The quantitative estimate of drug-likeness (QED) is 0.109. The Balaban J connectivity index is 1.11. The number of benzene rings is 10. The predicted molar refractivity (Wildman–Crippen MR) is 317 cm³/mol. The van der Waals surface area contributed by atoms with E-state index in [1.54, 1.807) is 0 Å². The van der Waals surface area contributed by atoms with Crippen LogP contribution in [0.15, 0.2) is 249 Å². The maximum atomic E-state index is 2.50. The first-order valence-corrected chi connectivity index (χ1v) is 26.6. The minimum absolute atomic E-state index is 0.141. The average molecular weight is 958 g/mol. The number of hydrogen-bond donors (Lipinski definition) is 0. The van der Waals surface area contributed by atoms with E-state index in [1.807, 2.05) is 0 Å². The van der Waals surface area contributed by atoms with Gasteiger partial charge in [-0.25, -0.2) is 0 Å². The van der Waals surface area contributed by atoms with E-state index in [-0.39, 0.29) is 16.2 Å². The van der Waals surface area contributed by atoms with Crippen molar-refractivity contribution in [2.75, 3.05) is 0 Å². The molecule has 0 saturated heterocycles. The normalized spacial score (nSPS) is 12.3. The van der Waals surface area contributed by atoms with Crippen molar-refractivity contribution < 1.29 is 0 Å². The van der Waals surface area contributed by atoms with Crippen LogP contribution in [0, 0.1) is 11.8 Å². The SMILES string of the molecule is CC(C)C(c1ccccc1)(c1ccc(-n2c3ccc(C(C)(C)c4cc(-c5ccccc5)cc(-c5ccccc5)c4)cc3c3cc(C(C)(C)c4cc(-c5ccccc5)cc(-c5ccccc5)c4)ccc32)cc1)C(C)C. The second kappa shape index (κ2) is 19.4. The molecule has 0 aliphatic carbocycles. The average Bonchev–Trinajstić information content (AvgIpc) is 3.77. The summed E-state index contributed by atoms with van der Waals surface area (Å²) >= 11 is 0. The maximum absolute atomic E-state index is 2.50. The van der Waals surface area contributed by atoms with Crippen LogP contribution < -0.4 is 0 Å². The second-order valence-electron chi connectivity index (χ2n) is 22.2. The molecule has 0 N–H and O–H groups in total. The molecule has 1 heteroatoms. The van der Waals surface area contributed by atoms with Crippen molar-refractivity contribution in [1.29, 1.82) is 0 Å². The van der Waals surface area contributed by atoms with Gasteiger partial charge in [0.2, 0.25) is 0 Å². The molecule has 0 aliphatic heterocycles. The Bertz CT molecular complexity index is 3410. The molecule has 74 heavy (non-hydrogen) atoms. The highest BCUT2D eigenvalue weighted by atomic mass is 15.0. The van der Waals surface area contributed by atoms with Gasteiger partial charge in [0.25, 0.3) is 0 Å². The van der Waals surface area contributed by atoms with Crippen molar-refractivity contribution in [2.45, 2.75) is 71.6 Å². The van der Waals surface area contributed by atoms with Crippen molar-refractivity contribution in [2.24, 2.45) is 11.8 Å². The van der Waals surface area contributed by atoms with E-state index in [2.05, 4.69) is 309 Å². The number of hydrogen-bond acceptors (Lipinski definition) is 0. The van der Waals surface area contributed by atoms with Gasteiger partial charge >= 0.3 is 0 Å². The van der Waals surface area contributed by atoms with Gasteiger partial charge in [-0.15, -0.1) is 0 Å². The summed E-state index contributed by atoms with van der Waals surface area (Å²) in [7, 11) is 0. The van der Waals surface area contributed by atoms with Gasteiger partial charge < -0.3 is 4.57 Å². The fourth-order valence-electron chi connectivity index (χ4n) is 12.3. The molecule has 0 spiro atoms. The third-order valence-corrected chi connectivity index (χ3v) is 16.6. The maximum Gasteiger partial charge on any atom is 0.0541 e. The Labute approximate surface area is 439 Å². The van der Waals surface area contributed by atoms with Crippen molar-refractivity contribution >= 4 is 21.8 Å². The van der Waals surface area contributed by atoms with Gasteiger partial charge in [0, 0.05) is 32.7 Å². The molecule has 0 amide bonds. The molecule has 0 radical (unpaired) electrons. The summed E-state index contributed by atoms with van der Waals surface area (Å²) in [5, 5.41) is 2.50. The molecule has 1 aromatic heterocycles. The first-order chi connectivity index (χ1) is 35.8. The molecule has 1 heterocycles. The molecule has 0 aliphatic rings. The first-order valence-electron chi connectivity index (χ1n) is 26.6. The van der Waals surface area contributed by atoms with Crippen LogP contribution in [0.5, 0.6) is 0 Å². The van der Waals surface area contributed by atoms with Gasteiger partial charge in [-0.1, -0.05) is 256 Å². The van der Waals surface area contributed by atoms with Crippen LogP contribution in [0.25, 0.3) is 72.0 Å². The summed E-state index contributed by atoms with van der Waals surface area (Å²) in [6.07, 6.45) is 0. The predicted octanol–water partition coefficient (Wildman–Crippen LogP) is 19.7. The molecular formula is C73H67N. The lowest BCUT2D eigenvalue weighted by Gasteiger charge is -2.43. The Morgan fingerprint density at radius 2 is 0.568 bits per heavy atom. The highest BCUT2D eigenvalue weighted by molar-refractivity contribution is 6.10. The van der Waals surface area contributed by atoms with Gasteiger partial charge in [-0.2, -0.15) is 0 Å². The van der Waals surface area contributed by atoms with Crippen molar-refractivity contribution in [3.05, 3.63) is 282 Å². The lowest BCUT2D eigenvalue weighted by atomic mass is 9.60. The van der Waals surface area contributed by atoms with Gasteiger partial charge in [0.15, 0.2) is 0 Å². The lowest BCUT2D eigenvalue weighted by molar-refractivity contribution is 0.273. The van der Waals surface area contributed by atoms with Crippen LogP contribution >= 0.6 is 0 Å². The molecule has 364 valence electrons. The van der Waals surface area contributed by atoms with Gasteiger partial charge in [-0.05, 0) is 138 Å². The molecule has 0 fully saturated rings. The zero-order chi connectivity index (χ0) is 51.2. The zero-order valence-electron chi connectivity index (χ0n) is 44.3. The highest BCUT2D eigenvalue weighted by Gasteiger charge is 2.40. The van der Waals surface area contributed by atoms with Crippen LogP contribution in [0.1, 0.15) is 88.8 Å². The van der Waals surface area contributed by atoms with E-state index < -0.39 is 0 Å². The van der Waals surface area contributed by atoms with Gasteiger partial charge in [0.05, 0.1) is 11.0 Å². The minimum Gasteiger partial charge on any atom is -0.309 e. The van der Waals surface area contributed by atoms with E-state index in [4.69, 9.17) is 0 Å². The summed E-state index contributed by atoms with van der Waals surface area (Å²) in [4.78, 5) is 0. The molecule has 0 atom stereocenters. The number of rotatable bonds is 13.